The van der Waals surface area contributed by atoms with Crippen LogP contribution < -0.4 is 44.8 Å². The SMILES string of the molecule is COC(=O)C1=C(N)n2c(s/c(=C/c3ccc(OC)c(OC)c3)c2=O)=C(C(=O)Nc2cccc([N+](=O)[O-])c2)C1c1cccc(OC)c1OC. The van der Waals surface area contributed by atoms with Crippen molar-refractivity contribution in [3.05, 3.63) is 107 Å². The lowest BCUT2D eigenvalue weighted by molar-refractivity contribution is -0.384. The Hall–Kier alpha value is -6.09. The second kappa shape index (κ2) is 13.7. The van der Waals surface area contributed by atoms with Crippen LogP contribution in [-0.4, -0.2) is 56.9 Å². The van der Waals surface area contributed by atoms with E-state index in [0.717, 1.165) is 23.0 Å². The third-order valence-electron chi connectivity index (χ3n) is 7.56. The minimum Gasteiger partial charge on any atom is -0.493 e. The van der Waals surface area contributed by atoms with Crippen LogP contribution in [0.3, 0.4) is 0 Å². The molecule has 4 aromatic rings. The summed E-state index contributed by atoms with van der Waals surface area (Å²) in [6.45, 7) is 0. The third kappa shape index (κ3) is 5.93. The fraction of sp³-hybridized carbons (Fsp3) is 0.182. The molecule has 0 radical (unpaired) electrons. The van der Waals surface area contributed by atoms with Gasteiger partial charge in [0.25, 0.3) is 17.2 Å². The van der Waals surface area contributed by atoms with Crippen molar-refractivity contribution in [2.75, 3.05) is 40.9 Å². The number of anilines is 1. The van der Waals surface area contributed by atoms with E-state index in [1.54, 1.807) is 42.5 Å². The first kappa shape index (κ1) is 33.3. The van der Waals surface area contributed by atoms with Crippen LogP contribution in [-0.2, 0) is 14.3 Å². The van der Waals surface area contributed by atoms with E-state index in [4.69, 9.17) is 29.4 Å². The molecular formula is C33H30N4O10S. The van der Waals surface area contributed by atoms with Crippen molar-refractivity contribution < 1.29 is 38.2 Å². The van der Waals surface area contributed by atoms with Crippen LogP contribution in [0, 0.1) is 10.1 Å². The van der Waals surface area contributed by atoms with Crippen molar-refractivity contribution in [1.82, 2.24) is 4.57 Å². The number of fused-ring (bicyclic) bond motifs is 1. The lowest BCUT2D eigenvalue weighted by Crippen LogP contribution is -2.42. The fourth-order valence-electron chi connectivity index (χ4n) is 5.42. The number of methoxy groups -OCH3 is 5. The van der Waals surface area contributed by atoms with Gasteiger partial charge < -0.3 is 34.7 Å². The van der Waals surface area contributed by atoms with Crippen LogP contribution in [0.15, 0.2) is 71.0 Å². The maximum absolute atomic E-state index is 14.4. The molecule has 1 unspecified atom stereocenters. The summed E-state index contributed by atoms with van der Waals surface area (Å²) < 4.78 is 28.4. The molecule has 0 aliphatic carbocycles. The van der Waals surface area contributed by atoms with Crippen LogP contribution in [0.2, 0.25) is 0 Å². The van der Waals surface area contributed by atoms with Gasteiger partial charge >= 0.3 is 5.97 Å². The largest absolute Gasteiger partial charge is 0.493 e. The van der Waals surface area contributed by atoms with E-state index >= 15 is 0 Å². The predicted octanol–water partition coefficient (Wildman–Crippen LogP) is 2.57. The van der Waals surface area contributed by atoms with Crippen LogP contribution >= 0.6 is 11.3 Å². The molecule has 2 heterocycles. The maximum Gasteiger partial charge on any atom is 0.338 e. The van der Waals surface area contributed by atoms with Gasteiger partial charge in [-0.3, -0.25) is 24.3 Å². The number of rotatable bonds is 10. The van der Waals surface area contributed by atoms with Gasteiger partial charge in [-0.1, -0.05) is 24.3 Å². The number of amides is 1. The molecule has 3 aromatic carbocycles. The van der Waals surface area contributed by atoms with E-state index in [1.807, 2.05) is 0 Å². The highest BCUT2D eigenvalue weighted by Crippen LogP contribution is 2.45. The Morgan fingerprint density at radius 3 is 2.27 bits per heavy atom. The van der Waals surface area contributed by atoms with E-state index < -0.39 is 28.3 Å². The number of esters is 1. The molecule has 1 amide bonds. The molecule has 48 heavy (non-hydrogen) atoms. The Morgan fingerprint density at radius 2 is 1.62 bits per heavy atom. The normalized spacial score (nSPS) is 14.2. The van der Waals surface area contributed by atoms with E-state index in [-0.39, 0.29) is 43.3 Å². The zero-order valence-electron chi connectivity index (χ0n) is 26.4. The number of carbonyl (C=O) groups is 2. The summed E-state index contributed by atoms with van der Waals surface area (Å²) >= 11 is 0.961. The number of nitro groups is 1. The monoisotopic (exact) mass is 674 g/mol. The number of non-ortho nitro benzene ring substituents is 1. The minimum absolute atomic E-state index is 0.0725. The third-order valence-corrected chi connectivity index (χ3v) is 8.67. The molecule has 0 fully saturated rings. The fourth-order valence-corrected chi connectivity index (χ4v) is 6.59. The van der Waals surface area contributed by atoms with E-state index in [0.29, 0.717) is 28.4 Å². The molecule has 0 bridgehead atoms. The van der Waals surface area contributed by atoms with Gasteiger partial charge in [-0.05, 0) is 35.9 Å². The van der Waals surface area contributed by atoms with Crippen molar-refractivity contribution in [3.63, 3.8) is 0 Å². The number of hydrogen-bond donors (Lipinski definition) is 2. The summed E-state index contributed by atoms with van der Waals surface area (Å²) in [7, 11) is 6.95. The molecule has 5 rings (SSSR count). The number of carbonyl (C=O) groups excluding carboxylic acids is 2. The number of nitro benzene ring substituents is 1. The molecule has 14 nitrogen and oxygen atoms in total. The van der Waals surface area contributed by atoms with Gasteiger partial charge in [0.2, 0.25) is 0 Å². The van der Waals surface area contributed by atoms with Gasteiger partial charge in [0.15, 0.2) is 23.0 Å². The molecule has 1 atom stereocenters. The molecule has 1 aliphatic rings. The summed E-state index contributed by atoms with van der Waals surface area (Å²) in [6.07, 6.45) is 1.59. The smallest absolute Gasteiger partial charge is 0.338 e. The summed E-state index contributed by atoms with van der Waals surface area (Å²) in [5, 5.41) is 14.2. The topological polar surface area (TPSA) is 183 Å². The molecule has 1 aliphatic heterocycles. The Kier molecular flexibility index (Phi) is 9.51. The number of aromatic nitrogens is 1. The van der Waals surface area contributed by atoms with Crippen LogP contribution in [0.4, 0.5) is 11.4 Å². The number of thiazole rings is 1. The van der Waals surface area contributed by atoms with Gasteiger partial charge in [-0.2, -0.15) is 0 Å². The van der Waals surface area contributed by atoms with E-state index in [9.17, 15) is 24.5 Å². The summed E-state index contributed by atoms with van der Waals surface area (Å²) in [6, 6.07) is 15.3. The molecule has 0 spiro atoms. The quantitative estimate of drug-likeness (QED) is 0.143. The van der Waals surface area contributed by atoms with Crippen molar-refractivity contribution in [2.45, 2.75) is 5.92 Å². The number of hydrogen-bond acceptors (Lipinski definition) is 12. The number of benzene rings is 3. The summed E-state index contributed by atoms with van der Waals surface area (Å²) in [4.78, 5) is 52.8. The second-order valence-corrected chi connectivity index (χ2v) is 11.2. The van der Waals surface area contributed by atoms with Crippen LogP contribution in [0.1, 0.15) is 17.0 Å². The maximum atomic E-state index is 14.4. The molecular weight excluding hydrogens is 644 g/mol. The van der Waals surface area contributed by atoms with Gasteiger partial charge in [-0.15, -0.1) is 11.3 Å². The van der Waals surface area contributed by atoms with Gasteiger partial charge in [-0.25, -0.2) is 4.79 Å². The zero-order chi connectivity index (χ0) is 34.7. The average Bonchev–Trinajstić information content (AvgIpc) is 3.42. The molecule has 1 aromatic heterocycles. The number of nitrogens with one attached hydrogen (secondary N) is 1. The van der Waals surface area contributed by atoms with Gasteiger partial charge in [0.05, 0.1) is 62.1 Å². The predicted molar refractivity (Wildman–Crippen MR) is 178 cm³/mol. The van der Waals surface area contributed by atoms with Crippen molar-refractivity contribution in [1.29, 1.82) is 0 Å². The lowest BCUT2D eigenvalue weighted by atomic mass is 9.82. The van der Waals surface area contributed by atoms with Crippen molar-refractivity contribution in [2.24, 2.45) is 5.73 Å². The van der Waals surface area contributed by atoms with E-state index in [2.05, 4.69) is 5.32 Å². The molecule has 248 valence electrons. The number of nitrogens with zero attached hydrogens (tertiary/aromatic N) is 2. The number of nitrogens with two attached hydrogens (primary N) is 1. The first-order valence-corrected chi connectivity index (χ1v) is 14.9. The molecule has 0 saturated heterocycles. The van der Waals surface area contributed by atoms with Crippen LogP contribution in [0.5, 0.6) is 23.0 Å². The Morgan fingerprint density at radius 1 is 0.917 bits per heavy atom. The van der Waals surface area contributed by atoms with Crippen molar-refractivity contribution >= 4 is 52.1 Å². The second-order valence-electron chi connectivity index (χ2n) is 10.2. The Labute approximate surface area is 277 Å². The highest BCUT2D eigenvalue weighted by molar-refractivity contribution is 7.07. The first-order valence-electron chi connectivity index (χ1n) is 14.1. The highest BCUT2D eigenvalue weighted by atomic mass is 32.1. The minimum atomic E-state index is -1.24. The van der Waals surface area contributed by atoms with Gasteiger partial charge in [0, 0.05) is 23.4 Å². The number of para-hydroxylation sites is 1. The van der Waals surface area contributed by atoms with E-state index in [1.165, 1.54) is 52.7 Å². The van der Waals surface area contributed by atoms with Gasteiger partial charge in [0.1, 0.15) is 10.5 Å². The van der Waals surface area contributed by atoms with Crippen LogP contribution in [0.25, 0.3) is 17.5 Å². The van der Waals surface area contributed by atoms with Crippen molar-refractivity contribution in [3.8, 4) is 23.0 Å². The Bertz CT molecular complexity index is 2170. The average molecular weight is 675 g/mol. The standard InChI is InChI=1S/C33H30N4O10S/c1-43-21-13-12-17(14-23(21)45-3)15-24-31(39)36-29(34)26(33(40)47-5)25(20-10-7-11-22(44-2)28(20)46-4)27(32(36)48-24)30(38)35-18-8-6-9-19(16-18)37(41)42/h6-16,25H,34H2,1-5H3,(H,35,38)/b24-15+. The Balaban J connectivity index is 1.87. The lowest BCUT2D eigenvalue weighted by Gasteiger charge is -2.28. The summed E-state index contributed by atoms with van der Waals surface area (Å²) in [5.41, 5.74) is 6.46. The molecule has 3 N–H and O–H groups in total. The zero-order valence-corrected chi connectivity index (χ0v) is 27.2. The number of ether oxygens (including phenoxy) is 5. The molecule has 15 heteroatoms. The highest BCUT2D eigenvalue weighted by Gasteiger charge is 2.41. The summed E-state index contributed by atoms with van der Waals surface area (Å²) in [5.74, 6) is -1.77. The molecule has 0 saturated carbocycles. The first-order chi connectivity index (χ1) is 23.1.